The van der Waals surface area contributed by atoms with Crippen molar-refractivity contribution in [3.63, 3.8) is 0 Å². The summed E-state index contributed by atoms with van der Waals surface area (Å²) in [6.45, 7) is 19.9. The van der Waals surface area contributed by atoms with Crippen LogP contribution < -0.4 is 0 Å². The Morgan fingerprint density at radius 2 is 1.39 bits per heavy atom. The third-order valence-electron chi connectivity index (χ3n) is 8.68. The molecule has 0 bridgehead atoms. The van der Waals surface area contributed by atoms with Gasteiger partial charge in [0.05, 0.1) is 19.3 Å². The van der Waals surface area contributed by atoms with Gasteiger partial charge < -0.3 is 18.7 Å². The molecule has 0 aliphatic carbocycles. The lowest BCUT2D eigenvalue weighted by Gasteiger charge is -2.39. The van der Waals surface area contributed by atoms with Crippen LogP contribution in [0.5, 0.6) is 0 Å². The summed E-state index contributed by atoms with van der Waals surface area (Å²) in [5.74, 6) is 6.48. The number of hydrogen-bond donors (Lipinski definition) is 1. The van der Waals surface area contributed by atoms with E-state index in [1.54, 1.807) is 0 Å². The molecule has 1 N–H and O–H groups in total. The zero-order valence-corrected chi connectivity index (χ0v) is 27.9. The minimum atomic E-state index is -1.86. The van der Waals surface area contributed by atoms with Gasteiger partial charge in [-0.05, 0) is 54.7 Å². The summed E-state index contributed by atoms with van der Waals surface area (Å²) in [6, 6.07) is 17.1. The number of benzene rings is 1. The van der Waals surface area contributed by atoms with E-state index in [1.807, 2.05) is 18.2 Å². The Balaban J connectivity index is 2.73. The molecule has 0 spiro atoms. The molecule has 0 aromatic heterocycles. The van der Waals surface area contributed by atoms with Crippen LogP contribution in [-0.4, -0.2) is 47.2 Å². The third kappa shape index (κ3) is 11.7. The summed E-state index contributed by atoms with van der Waals surface area (Å²) >= 11 is 0. The summed E-state index contributed by atoms with van der Waals surface area (Å²) in [5, 5.41) is 11.1. The van der Waals surface area contributed by atoms with Gasteiger partial charge in [0.15, 0.2) is 16.6 Å². The molecule has 0 unspecified atom stereocenters. The predicted molar refractivity (Wildman–Crippen MR) is 167 cm³/mol. The SMILES string of the molecule is CC[Si](CC)(CC)OCCCCC#C[C@@H](O)[C@@H](C)[C@H](O[Si](CC)(CC)CC)[C@@H](C)COCc1ccccc1. The number of unbranched alkanes of at least 4 members (excludes halogenated alkanes) is 2. The van der Waals surface area contributed by atoms with Crippen LogP contribution in [0.2, 0.25) is 36.3 Å². The molecule has 0 aliphatic heterocycles. The molecule has 0 saturated heterocycles. The fourth-order valence-corrected chi connectivity index (χ4v) is 10.9. The second-order valence-corrected chi connectivity index (χ2v) is 20.5. The van der Waals surface area contributed by atoms with Gasteiger partial charge in [-0.25, -0.2) is 0 Å². The zero-order valence-electron chi connectivity index (χ0n) is 25.9. The van der Waals surface area contributed by atoms with Crippen molar-refractivity contribution >= 4 is 16.6 Å². The Morgan fingerprint density at radius 1 is 0.816 bits per heavy atom. The van der Waals surface area contributed by atoms with Crippen LogP contribution in [0.1, 0.15) is 80.2 Å². The van der Waals surface area contributed by atoms with Crippen LogP contribution in [0.3, 0.4) is 0 Å². The van der Waals surface area contributed by atoms with Crippen LogP contribution >= 0.6 is 0 Å². The van der Waals surface area contributed by atoms with E-state index in [1.165, 1.54) is 23.7 Å². The van der Waals surface area contributed by atoms with Crippen LogP contribution in [0.4, 0.5) is 0 Å². The average molecular weight is 563 g/mol. The highest BCUT2D eigenvalue weighted by Crippen LogP contribution is 2.30. The highest BCUT2D eigenvalue weighted by Gasteiger charge is 2.38. The third-order valence-corrected chi connectivity index (χ3v) is 18.0. The monoisotopic (exact) mass is 562 g/mol. The molecule has 6 heteroatoms. The largest absolute Gasteiger partial charge is 0.417 e. The van der Waals surface area contributed by atoms with Gasteiger partial charge in [-0.15, -0.1) is 5.92 Å². The van der Waals surface area contributed by atoms with Gasteiger partial charge in [-0.3, -0.25) is 0 Å². The van der Waals surface area contributed by atoms with E-state index in [0.717, 1.165) is 44.0 Å². The van der Waals surface area contributed by atoms with E-state index >= 15 is 0 Å². The first-order valence-electron chi connectivity index (χ1n) is 15.4. The second-order valence-electron chi connectivity index (χ2n) is 11.0. The molecular weight excluding hydrogens is 505 g/mol. The minimum absolute atomic E-state index is 0.0785. The Morgan fingerprint density at radius 3 is 1.95 bits per heavy atom. The molecule has 1 rings (SSSR count). The lowest BCUT2D eigenvalue weighted by Crippen LogP contribution is -2.47. The Bertz CT molecular complexity index is 767. The van der Waals surface area contributed by atoms with Crippen molar-refractivity contribution in [1.29, 1.82) is 0 Å². The topological polar surface area (TPSA) is 47.9 Å². The van der Waals surface area contributed by atoms with Crippen LogP contribution in [-0.2, 0) is 20.2 Å². The lowest BCUT2D eigenvalue weighted by molar-refractivity contribution is -0.0132. The molecule has 0 amide bonds. The number of rotatable bonds is 20. The van der Waals surface area contributed by atoms with E-state index in [4.69, 9.17) is 13.6 Å². The summed E-state index contributed by atoms with van der Waals surface area (Å²) in [7, 11) is -3.36. The fraction of sp³-hybridized carbons (Fsp3) is 0.750. The second kappa shape index (κ2) is 19.2. The predicted octanol–water partition coefficient (Wildman–Crippen LogP) is 8.42. The highest BCUT2D eigenvalue weighted by atomic mass is 28.4. The van der Waals surface area contributed by atoms with Crippen LogP contribution in [0.25, 0.3) is 0 Å². The van der Waals surface area contributed by atoms with Crippen molar-refractivity contribution in [3.8, 4) is 11.8 Å². The molecule has 38 heavy (non-hydrogen) atoms. The van der Waals surface area contributed by atoms with Gasteiger partial charge in [0.2, 0.25) is 0 Å². The van der Waals surface area contributed by atoms with Gasteiger partial charge in [-0.2, -0.15) is 0 Å². The standard InChI is InChI=1S/C32H58O4Si2/c1-9-37(10-2,11-3)35-25-21-16-15-20-24-31(33)29(8)32(36-38(12-4,13-5)14-6)28(7)26-34-27-30-22-18-17-19-23-30/h17-19,22-23,28-29,31-33H,9-16,21,25-27H2,1-8H3/t28-,29+,31+,32+/m0/s1. The first-order chi connectivity index (χ1) is 18.3. The number of aliphatic hydroxyl groups excluding tert-OH is 1. The van der Waals surface area contributed by atoms with E-state index in [-0.39, 0.29) is 17.9 Å². The zero-order chi connectivity index (χ0) is 28.4. The van der Waals surface area contributed by atoms with Crippen molar-refractivity contribution in [3.05, 3.63) is 35.9 Å². The molecule has 0 aliphatic rings. The Labute approximate surface area is 237 Å². The molecule has 1 aromatic carbocycles. The quantitative estimate of drug-likeness (QED) is 0.0984. The normalized spacial score (nSPS) is 15.4. The van der Waals surface area contributed by atoms with Gasteiger partial charge in [0, 0.05) is 24.9 Å². The van der Waals surface area contributed by atoms with Crippen molar-refractivity contribution < 1.29 is 18.7 Å². The van der Waals surface area contributed by atoms with Crippen LogP contribution in [0.15, 0.2) is 30.3 Å². The first-order valence-corrected chi connectivity index (χ1v) is 20.4. The summed E-state index contributed by atoms with van der Waals surface area (Å²) in [4.78, 5) is 0. The van der Waals surface area contributed by atoms with Crippen molar-refractivity contribution in [2.75, 3.05) is 13.2 Å². The van der Waals surface area contributed by atoms with Crippen LogP contribution in [0, 0.1) is 23.7 Å². The molecule has 0 saturated carbocycles. The van der Waals surface area contributed by atoms with Crippen molar-refractivity contribution in [1.82, 2.24) is 0 Å². The van der Waals surface area contributed by atoms with Gasteiger partial charge in [-0.1, -0.05) is 91.6 Å². The van der Waals surface area contributed by atoms with Crippen molar-refractivity contribution in [2.24, 2.45) is 11.8 Å². The summed E-state index contributed by atoms with van der Waals surface area (Å²) in [6.07, 6.45) is 2.06. The summed E-state index contributed by atoms with van der Waals surface area (Å²) in [5.41, 5.74) is 1.17. The minimum Gasteiger partial charge on any atom is -0.417 e. The fourth-order valence-electron chi connectivity index (χ4n) is 5.21. The maximum Gasteiger partial charge on any atom is 0.192 e. The number of aliphatic hydroxyl groups is 1. The van der Waals surface area contributed by atoms with Gasteiger partial charge in [0.1, 0.15) is 6.10 Å². The lowest BCUT2D eigenvalue weighted by atomic mass is 9.90. The molecule has 0 radical (unpaired) electrons. The molecule has 1 aromatic rings. The first kappa shape index (κ1) is 35.1. The number of ether oxygens (including phenoxy) is 1. The van der Waals surface area contributed by atoms with E-state index in [9.17, 15) is 5.11 Å². The highest BCUT2D eigenvalue weighted by molar-refractivity contribution is 6.74. The van der Waals surface area contributed by atoms with E-state index < -0.39 is 22.7 Å². The Hall–Kier alpha value is -0.946. The van der Waals surface area contributed by atoms with E-state index in [0.29, 0.717) is 13.2 Å². The maximum atomic E-state index is 11.1. The molecule has 0 heterocycles. The van der Waals surface area contributed by atoms with Gasteiger partial charge in [0.25, 0.3) is 0 Å². The average Bonchev–Trinajstić information content (AvgIpc) is 2.96. The van der Waals surface area contributed by atoms with Gasteiger partial charge >= 0.3 is 0 Å². The molecule has 4 nitrogen and oxygen atoms in total. The van der Waals surface area contributed by atoms with Crippen molar-refractivity contribution in [2.45, 2.75) is 130 Å². The molecule has 0 fully saturated rings. The molecule has 4 atom stereocenters. The molecular formula is C32H58O4Si2. The summed E-state index contributed by atoms with van der Waals surface area (Å²) < 4.78 is 19.4. The number of hydrogen-bond acceptors (Lipinski definition) is 4. The maximum absolute atomic E-state index is 11.1. The van der Waals surface area contributed by atoms with E-state index in [2.05, 4.69) is 79.4 Å². The Kier molecular flexibility index (Phi) is 17.7. The molecule has 218 valence electrons. The smallest absolute Gasteiger partial charge is 0.192 e.